The molecule has 0 saturated carbocycles. The van der Waals surface area contributed by atoms with Gasteiger partial charge in [0.2, 0.25) is 10.0 Å². The molecule has 36 heavy (non-hydrogen) atoms. The Kier molecular flexibility index (Phi) is 7.39. The van der Waals surface area contributed by atoms with Crippen LogP contribution in [0.25, 0.3) is 0 Å². The maximum Gasteiger partial charge on any atom is 0.430 e. The van der Waals surface area contributed by atoms with Gasteiger partial charge in [-0.3, -0.25) is 0 Å². The molecule has 3 rings (SSSR count). The van der Waals surface area contributed by atoms with Crippen molar-refractivity contribution in [1.82, 2.24) is 14.3 Å². The van der Waals surface area contributed by atoms with Crippen LogP contribution in [0.15, 0.2) is 35.5 Å². The van der Waals surface area contributed by atoms with Gasteiger partial charge in [-0.15, -0.1) is 5.92 Å². The molecule has 1 atom stereocenters. The SMILES string of the molecule is CC#C[C@H]1CN(S(=O)(=O)c2ccc(N)nc2)CCN1c1ncc(C(O)(C(F)(F)F)C(F)(F)F)cc1Cl. The van der Waals surface area contributed by atoms with Gasteiger partial charge in [0.1, 0.15) is 22.6 Å². The number of sulfonamides is 1. The minimum atomic E-state index is -6.11. The molecule has 0 unspecified atom stereocenters. The van der Waals surface area contributed by atoms with Crippen molar-refractivity contribution in [2.75, 3.05) is 30.3 Å². The monoisotopic (exact) mass is 557 g/mol. The second-order valence-corrected chi connectivity index (χ2v) is 9.97. The molecule has 0 spiro atoms. The van der Waals surface area contributed by atoms with E-state index in [9.17, 15) is 39.9 Å². The first kappa shape index (κ1) is 27.8. The van der Waals surface area contributed by atoms with Crippen LogP contribution in [0.2, 0.25) is 5.02 Å². The summed E-state index contributed by atoms with van der Waals surface area (Å²) in [5, 5.41) is 8.97. The van der Waals surface area contributed by atoms with E-state index >= 15 is 0 Å². The Morgan fingerprint density at radius 3 is 2.25 bits per heavy atom. The quantitative estimate of drug-likeness (QED) is 0.439. The average Bonchev–Trinajstić information content (AvgIpc) is 2.77. The first-order chi connectivity index (χ1) is 16.5. The topological polar surface area (TPSA) is 113 Å². The van der Waals surface area contributed by atoms with Crippen LogP contribution in [0, 0.1) is 11.8 Å². The van der Waals surface area contributed by atoms with Gasteiger partial charge in [-0.25, -0.2) is 18.4 Å². The minimum Gasteiger partial charge on any atom is -0.384 e. The van der Waals surface area contributed by atoms with E-state index in [4.69, 9.17) is 17.3 Å². The summed E-state index contributed by atoms with van der Waals surface area (Å²) in [5.41, 5.74) is -1.33. The average molecular weight is 558 g/mol. The summed E-state index contributed by atoms with van der Waals surface area (Å²) in [7, 11) is -4.02. The van der Waals surface area contributed by atoms with Crippen LogP contribution >= 0.6 is 11.6 Å². The lowest BCUT2D eigenvalue weighted by Gasteiger charge is -2.39. The van der Waals surface area contributed by atoms with Gasteiger partial charge in [0.15, 0.2) is 0 Å². The number of aliphatic hydroxyl groups is 1. The molecule has 3 N–H and O–H groups in total. The van der Waals surface area contributed by atoms with Crippen LogP contribution < -0.4 is 10.6 Å². The number of nitrogens with zero attached hydrogens (tertiary/aromatic N) is 4. The number of hydrogen-bond donors (Lipinski definition) is 2. The first-order valence-corrected chi connectivity index (χ1v) is 11.8. The van der Waals surface area contributed by atoms with E-state index < -0.39 is 44.6 Å². The number of aromatic nitrogens is 2. The Morgan fingerprint density at radius 2 is 1.75 bits per heavy atom. The summed E-state index contributed by atoms with van der Waals surface area (Å²) in [5.74, 6) is 5.22. The van der Waals surface area contributed by atoms with Gasteiger partial charge < -0.3 is 15.7 Å². The number of anilines is 2. The third kappa shape index (κ3) is 4.90. The number of hydrogen-bond acceptors (Lipinski definition) is 7. The van der Waals surface area contributed by atoms with Crippen molar-refractivity contribution in [1.29, 1.82) is 0 Å². The maximum absolute atomic E-state index is 13.2. The number of halogens is 7. The molecule has 196 valence electrons. The van der Waals surface area contributed by atoms with Crippen LogP contribution in [-0.2, 0) is 15.6 Å². The fourth-order valence-electron chi connectivity index (χ4n) is 3.54. The molecule has 0 amide bonds. The van der Waals surface area contributed by atoms with Crippen molar-refractivity contribution in [3.8, 4) is 11.8 Å². The van der Waals surface area contributed by atoms with Crippen molar-refractivity contribution in [2.24, 2.45) is 0 Å². The molecular formula is C20H18ClF6N5O3S. The van der Waals surface area contributed by atoms with Crippen LogP contribution in [0.1, 0.15) is 12.5 Å². The zero-order valence-electron chi connectivity index (χ0n) is 18.3. The molecule has 3 heterocycles. The zero-order valence-corrected chi connectivity index (χ0v) is 19.8. The molecule has 2 aromatic heterocycles. The highest BCUT2D eigenvalue weighted by atomic mass is 35.5. The summed E-state index contributed by atoms with van der Waals surface area (Å²) < 4.78 is 106. The van der Waals surface area contributed by atoms with E-state index in [1.54, 1.807) is 0 Å². The molecule has 1 aliphatic rings. The van der Waals surface area contributed by atoms with Crippen molar-refractivity contribution >= 4 is 33.3 Å². The van der Waals surface area contributed by atoms with Gasteiger partial charge in [0, 0.05) is 37.6 Å². The van der Waals surface area contributed by atoms with E-state index in [0.717, 1.165) is 10.5 Å². The molecule has 1 saturated heterocycles. The standard InChI is InChI=1S/C20H18ClF6N5O3S/c1-2-3-13-11-31(36(34,35)14-4-5-16(28)29-10-14)6-7-32(13)17-15(21)8-12(9-30-17)18(33,19(22,23)24)20(25,26)27/h4-5,8-10,13,33H,6-7,11H2,1H3,(H2,28,29)/t13-/m0/s1. The molecule has 0 aromatic carbocycles. The van der Waals surface area contributed by atoms with Gasteiger partial charge in [-0.2, -0.15) is 30.6 Å². The molecule has 1 aliphatic heterocycles. The molecule has 0 bridgehead atoms. The zero-order chi connectivity index (χ0) is 27.1. The predicted octanol–water partition coefficient (Wildman–Crippen LogP) is 2.93. The van der Waals surface area contributed by atoms with Crippen molar-refractivity contribution < 1.29 is 39.9 Å². The summed E-state index contributed by atoms with van der Waals surface area (Å²) in [6.07, 6.45) is -10.9. The molecular weight excluding hydrogens is 540 g/mol. The molecule has 0 radical (unpaired) electrons. The second-order valence-electron chi connectivity index (χ2n) is 7.62. The molecule has 0 aliphatic carbocycles. The normalized spacial score (nSPS) is 18.0. The fourth-order valence-corrected chi connectivity index (χ4v) is 5.20. The van der Waals surface area contributed by atoms with Crippen LogP contribution in [0.5, 0.6) is 0 Å². The van der Waals surface area contributed by atoms with Crippen molar-refractivity contribution in [3.63, 3.8) is 0 Å². The number of nitrogen functional groups attached to an aromatic ring is 1. The van der Waals surface area contributed by atoms with E-state index in [1.807, 2.05) is 0 Å². The van der Waals surface area contributed by atoms with E-state index in [0.29, 0.717) is 6.07 Å². The maximum atomic E-state index is 13.2. The Bertz CT molecular complexity index is 1280. The lowest BCUT2D eigenvalue weighted by atomic mass is 9.93. The summed E-state index contributed by atoms with van der Waals surface area (Å²) in [4.78, 5) is 8.64. The second kappa shape index (κ2) is 9.58. The van der Waals surface area contributed by atoms with Gasteiger partial charge in [0.05, 0.1) is 5.02 Å². The fraction of sp³-hybridized carbons (Fsp3) is 0.400. The largest absolute Gasteiger partial charge is 0.430 e. The summed E-state index contributed by atoms with van der Waals surface area (Å²) >= 11 is 6.02. The van der Waals surface area contributed by atoms with E-state index in [2.05, 4.69) is 21.8 Å². The molecule has 1 fully saturated rings. The van der Waals surface area contributed by atoms with Crippen molar-refractivity contribution in [3.05, 3.63) is 41.2 Å². The highest BCUT2D eigenvalue weighted by Gasteiger charge is 2.71. The lowest BCUT2D eigenvalue weighted by molar-refractivity contribution is -0.376. The van der Waals surface area contributed by atoms with Crippen LogP contribution in [0.4, 0.5) is 38.0 Å². The molecule has 8 nitrogen and oxygen atoms in total. The summed E-state index contributed by atoms with van der Waals surface area (Å²) in [6.45, 7) is 1.00. The third-order valence-corrected chi connectivity index (χ3v) is 7.51. The number of rotatable bonds is 4. The number of nitrogens with two attached hydrogens (primary N) is 1. The van der Waals surface area contributed by atoms with E-state index in [-0.39, 0.29) is 42.4 Å². The molecule has 16 heteroatoms. The number of piperazine rings is 1. The predicted molar refractivity (Wildman–Crippen MR) is 117 cm³/mol. The van der Waals surface area contributed by atoms with Crippen molar-refractivity contribution in [2.45, 2.75) is 35.8 Å². The smallest absolute Gasteiger partial charge is 0.384 e. The lowest BCUT2D eigenvalue weighted by Crippen LogP contribution is -2.55. The summed E-state index contributed by atoms with van der Waals surface area (Å²) in [6, 6.07) is 2.00. The van der Waals surface area contributed by atoms with Gasteiger partial charge in [-0.1, -0.05) is 17.5 Å². The highest BCUT2D eigenvalue weighted by Crippen LogP contribution is 2.50. The van der Waals surface area contributed by atoms with Crippen LogP contribution in [-0.4, -0.2) is 65.8 Å². The van der Waals surface area contributed by atoms with Gasteiger partial charge in [-0.05, 0) is 25.1 Å². The Hall–Kier alpha value is -2.80. The molecule has 2 aromatic rings. The Labute approximate surface area is 206 Å². The Balaban J connectivity index is 1.96. The highest BCUT2D eigenvalue weighted by molar-refractivity contribution is 7.89. The minimum absolute atomic E-state index is 0.101. The first-order valence-electron chi connectivity index (χ1n) is 9.96. The Morgan fingerprint density at radius 1 is 1.11 bits per heavy atom. The number of alkyl halides is 6. The van der Waals surface area contributed by atoms with E-state index in [1.165, 1.54) is 24.0 Å². The third-order valence-electron chi connectivity index (χ3n) is 5.38. The van der Waals surface area contributed by atoms with Gasteiger partial charge >= 0.3 is 12.4 Å². The van der Waals surface area contributed by atoms with Gasteiger partial charge in [0.25, 0.3) is 5.60 Å². The van der Waals surface area contributed by atoms with Crippen LogP contribution in [0.3, 0.4) is 0 Å². The number of pyridine rings is 2.